The largest absolute Gasteiger partial charge is 0.480 e. The zero-order chi connectivity index (χ0) is 14.6. The van der Waals surface area contributed by atoms with Crippen LogP contribution in [0.15, 0.2) is 35.8 Å². The van der Waals surface area contributed by atoms with Crippen LogP contribution in [0, 0.1) is 5.82 Å². The Kier molecular flexibility index (Phi) is 4.46. The number of carbonyl (C=O) groups is 1. The quantitative estimate of drug-likeness (QED) is 0.860. The van der Waals surface area contributed by atoms with E-state index < -0.39 is 17.3 Å². The van der Waals surface area contributed by atoms with Gasteiger partial charge in [0.2, 0.25) is 0 Å². The van der Waals surface area contributed by atoms with Gasteiger partial charge >= 0.3 is 5.97 Å². The molecule has 20 heavy (non-hydrogen) atoms. The molecule has 0 aromatic carbocycles. The van der Waals surface area contributed by atoms with E-state index in [0.717, 1.165) is 11.1 Å². The maximum absolute atomic E-state index is 13.0. The summed E-state index contributed by atoms with van der Waals surface area (Å²) in [5.74, 6) is -1.50. The zero-order valence-electron chi connectivity index (χ0n) is 11.0. The Balaban J connectivity index is 2.29. The predicted octanol–water partition coefficient (Wildman–Crippen LogP) is 2.76. The van der Waals surface area contributed by atoms with Crippen molar-refractivity contribution in [2.75, 3.05) is 0 Å². The van der Waals surface area contributed by atoms with Crippen molar-refractivity contribution in [3.63, 3.8) is 0 Å². The van der Waals surface area contributed by atoms with Crippen LogP contribution in [0.1, 0.15) is 23.9 Å². The molecule has 0 amide bonds. The molecule has 2 aromatic heterocycles. The van der Waals surface area contributed by atoms with E-state index in [0.29, 0.717) is 18.7 Å². The smallest absolute Gasteiger partial charge is 0.330 e. The standard InChI is InChI=1S/C14H15FN2O2S/c1-2-14(13(18)19,12-6-5-10(15)8-16-12)17-9-11-4-3-7-20-11/h3-8,17H,2,9H2,1H3,(H,18,19). The summed E-state index contributed by atoms with van der Waals surface area (Å²) in [7, 11) is 0. The van der Waals surface area contributed by atoms with Crippen molar-refractivity contribution in [1.29, 1.82) is 0 Å². The normalized spacial score (nSPS) is 13.9. The van der Waals surface area contributed by atoms with Crippen molar-refractivity contribution in [3.8, 4) is 0 Å². The zero-order valence-corrected chi connectivity index (χ0v) is 11.8. The van der Waals surface area contributed by atoms with Crippen molar-refractivity contribution in [1.82, 2.24) is 10.3 Å². The molecule has 0 bridgehead atoms. The number of aliphatic carboxylic acids is 1. The first-order chi connectivity index (χ1) is 9.58. The second-order valence-corrected chi connectivity index (χ2v) is 5.39. The molecule has 0 fully saturated rings. The van der Waals surface area contributed by atoms with E-state index in [-0.39, 0.29) is 0 Å². The molecular formula is C14H15FN2O2S. The molecule has 2 rings (SSSR count). The first kappa shape index (κ1) is 14.6. The van der Waals surface area contributed by atoms with Crippen LogP contribution >= 0.6 is 11.3 Å². The summed E-state index contributed by atoms with van der Waals surface area (Å²) >= 11 is 1.55. The van der Waals surface area contributed by atoms with Gasteiger partial charge in [0.25, 0.3) is 0 Å². The molecule has 2 heterocycles. The summed E-state index contributed by atoms with van der Waals surface area (Å²) in [5, 5.41) is 14.6. The molecule has 6 heteroatoms. The number of nitrogens with zero attached hydrogens (tertiary/aromatic N) is 1. The van der Waals surface area contributed by atoms with Crippen LogP contribution in [-0.4, -0.2) is 16.1 Å². The minimum absolute atomic E-state index is 0.311. The molecule has 0 radical (unpaired) electrons. The molecule has 1 unspecified atom stereocenters. The topological polar surface area (TPSA) is 62.2 Å². The summed E-state index contributed by atoms with van der Waals surface area (Å²) in [6.45, 7) is 2.19. The molecule has 106 valence electrons. The maximum atomic E-state index is 13.0. The van der Waals surface area contributed by atoms with E-state index in [9.17, 15) is 14.3 Å². The number of pyridine rings is 1. The van der Waals surface area contributed by atoms with E-state index in [1.165, 1.54) is 12.1 Å². The van der Waals surface area contributed by atoms with Gasteiger partial charge < -0.3 is 5.11 Å². The van der Waals surface area contributed by atoms with Crippen molar-refractivity contribution < 1.29 is 14.3 Å². The molecule has 4 nitrogen and oxygen atoms in total. The van der Waals surface area contributed by atoms with Gasteiger partial charge in [0.1, 0.15) is 5.82 Å². The lowest BCUT2D eigenvalue weighted by Gasteiger charge is -2.28. The van der Waals surface area contributed by atoms with Crippen LogP contribution in [0.25, 0.3) is 0 Å². The van der Waals surface area contributed by atoms with Crippen molar-refractivity contribution in [2.45, 2.75) is 25.4 Å². The monoisotopic (exact) mass is 294 g/mol. The van der Waals surface area contributed by atoms with Gasteiger partial charge in [-0.3, -0.25) is 10.3 Å². The van der Waals surface area contributed by atoms with Crippen molar-refractivity contribution in [2.24, 2.45) is 0 Å². The van der Waals surface area contributed by atoms with Gasteiger partial charge in [-0.25, -0.2) is 9.18 Å². The van der Waals surface area contributed by atoms with Gasteiger partial charge in [0.15, 0.2) is 5.54 Å². The molecular weight excluding hydrogens is 279 g/mol. The average Bonchev–Trinajstić information content (AvgIpc) is 2.94. The molecule has 0 aliphatic rings. The highest BCUT2D eigenvalue weighted by Gasteiger charge is 2.39. The minimum Gasteiger partial charge on any atom is -0.480 e. The molecule has 0 aliphatic carbocycles. The number of hydrogen-bond donors (Lipinski definition) is 2. The fourth-order valence-electron chi connectivity index (χ4n) is 2.01. The van der Waals surface area contributed by atoms with E-state index in [4.69, 9.17) is 0 Å². The fourth-order valence-corrected chi connectivity index (χ4v) is 2.66. The summed E-state index contributed by atoms with van der Waals surface area (Å²) in [4.78, 5) is 16.7. The summed E-state index contributed by atoms with van der Waals surface area (Å²) in [6.07, 6.45) is 1.35. The number of hydrogen-bond acceptors (Lipinski definition) is 4. The van der Waals surface area contributed by atoms with Gasteiger partial charge in [0.05, 0.1) is 11.9 Å². The molecule has 2 aromatic rings. The first-order valence-electron chi connectivity index (χ1n) is 6.21. The second-order valence-electron chi connectivity index (χ2n) is 4.36. The Morgan fingerprint density at radius 1 is 1.50 bits per heavy atom. The maximum Gasteiger partial charge on any atom is 0.330 e. The van der Waals surface area contributed by atoms with Gasteiger partial charge in [-0.1, -0.05) is 13.0 Å². The second kappa shape index (κ2) is 6.11. The van der Waals surface area contributed by atoms with Gasteiger partial charge in [-0.2, -0.15) is 0 Å². The van der Waals surface area contributed by atoms with Crippen LogP contribution in [0.4, 0.5) is 4.39 Å². The fraction of sp³-hybridized carbons (Fsp3) is 0.286. The molecule has 0 spiro atoms. The Bertz CT molecular complexity index is 571. The molecule has 0 saturated heterocycles. The number of nitrogens with one attached hydrogen (secondary N) is 1. The highest BCUT2D eigenvalue weighted by Crippen LogP contribution is 2.25. The summed E-state index contributed by atoms with van der Waals surface area (Å²) in [6, 6.07) is 6.47. The van der Waals surface area contributed by atoms with Gasteiger partial charge in [-0.15, -0.1) is 11.3 Å². The Labute approximate surface area is 120 Å². The molecule has 1 atom stereocenters. The van der Waals surface area contributed by atoms with Crippen LogP contribution < -0.4 is 5.32 Å². The third-order valence-electron chi connectivity index (χ3n) is 3.20. The number of halogens is 1. The number of aromatic nitrogens is 1. The highest BCUT2D eigenvalue weighted by molar-refractivity contribution is 7.09. The lowest BCUT2D eigenvalue weighted by molar-refractivity contribution is -0.145. The number of carboxylic acids is 1. The van der Waals surface area contributed by atoms with Crippen LogP contribution in [0.2, 0.25) is 0 Å². The minimum atomic E-state index is -1.31. The third kappa shape index (κ3) is 2.86. The first-order valence-corrected chi connectivity index (χ1v) is 7.09. The Hall–Kier alpha value is -1.79. The van der Waals surface area contributed by atoms with Crippen LogP contribution in [0.5, 0.6) is 0 Å². The van der Waals surface area contributed by atoms with Crippen LogP contribution in [0.3, 0.4) is 0 Å². The molecule has 0 saturated carbocycles. The summed E-state index contributed by atoms with van der Waals surface area (Å²) < 4.78 is 13.0. The van der Waals surface area contributed by atoms with E-state index >= 15 is 0 Å². The number of carboxylic acid groups (broad SMARTS) is 1. The number of rotatable bonds is 6. The SMILES string of the molecule is CCC(NCc1cccs1)(C(=O)O)c1ccc(F)cn1. The van der Waals surface area contributed by atoms with E-state index in [1.54, 1.807) is 18.3 Å². The van der Waals surface area contributed by atoms with Crippen LogP contribution in [-0.2, 0) is 16.9 Å². The average molecular weight is 294 g/mol. The Morgan fingerprint density at radius 2 is 2.30 bits per heavy atom. The van der Waals surface area contributed by atoms with E-state index in [2.05, 4.69) is 10.3 Å². The lowest BCUT2D eigenvalue weighted by Crippen LogP contribution is -2.49. The highest BCUT2D eigenvalue weighted by atomic mass is 32.1. The third-order valence-corrected chi connectivity index (χ3v) is 4.08. The van der Waals surface area contributed by atoms with Gasteiger partial charge in [-0.05, 0) is 30.0 Å². The van der Waals surface area contributed by atoms with Crippen molar-refractivity contribution >= 4 is 17.3 Å². The predicted molar refractivity (Wildman–Crippen MR) is 75.0 cm³/mol. The number of thiophene rings is 1. The van der Waals surface area contributed by atoms with Gasteiger partial charge in [0, 0.05) is 11.4 Å². The van der Waals surface area contributed by atoms with Crippen molar-refractivity contribution in [3.05, 3.63) is 52.2 Å². The van der Waals surface area contributed by atoms with E-state index in [1.807, 2.05) is 17.5 Å². The molecule has 2 N–H and O–H groups in total. The summed E-state index contributed by atoms with van der Waals surface area (Å²) in [5.41, 5.74) is -0.997. The Morgan fingerprint density at radius 3 is 2.80 bits per heavy atom. The lowest BCUT2D eigenvalue weighted by atomic mass is 9.91. The molecule has 0 aliphatic heterocycles.